The molecule has 3 nitrogen and oxygen atoms in total. The summed E-state index contributed by atoms with van der Waals surface area (Å²) in [6.07, 6.45) is 7.90. The fourth-order valence-electron chi connectivity index (χ4n) is 2.26. The third kappa shape index (κ3) is 3.59. The Morgan fingerprint density at radius 3 is 2.78 bits per heavy atom. The normalized spacial score (nSPS) is 17.6. The van der Waals surface area contributed by atoms with E-state index in [1.54, 1.807) is 12.4 Å². The Bertz CT molecular complexity index is 391. The van der Waals surface area contributed by atoms with Crippen LogP contribution in [0.1, 0.15) is 39.5 Å². The van der Waals surface area contributed by atoms with E-state index in [0.717, 1.165) is 31.6 Å². The van der Waals surface area contributed by atoms with E-state index in [0.29, 0.717) is 11.1 Å². The monoisotopic (exact) mass is 268 g/mol. The van der Waals surface area contributed by atoms with Gasteiger partial charge in [0.15, 0.2) is 0 Å². The van der Waals surface area contributed by atoms with Crippen molar-refractivity contribution in [2.45, 2.75) is 51.2 Å². The average Bonchev–Trinajstić information content (AvgIpc) is 2.25. The summed E-state index contributed by atoms with van der Waals surface area (Å²) in [7, 11) is 0. The zero-order valence-corrected chi connectivity index (χ0v) is 11.8. The molecule has 18 heavy (non-hydrogen) atoms. The molecule has 100 valence electrons. The predicted molar refractivity (Wildman–Crippen MR) is 74.2 cm³/mol. The second-order valence-electron chi connectivity index (χ2n) is 5.34. The minimum Gasteiger partial charge on any atom is -0.486 e. The van der Waals surface area contributed by atoms with Crippen LogP contribution < -0.4 is 10.1 Å². The Morgan fingerprint density at radius 1 is 1.44 bits per heavy atom. The quantitative estimate of drug-likeness (QED) is 0.858. The summed E-state index contributed by atoms with van der Waals surface area (Å²) >= 11 is 5.93. The Morgan fingerprint density at radius 2 is 2.22 bits per heavy atom. The molecule has 0 radical (unpaired) electrons. The molecule has 1 fully saturated rings. The zero-order chi connectivity index (χ0) is 13.0. The van der Waals surface area contributed by atoms with Gasteiger partial charge in [0.05, 0.1) is 11.2 Å². The Hall–Kier alpha value is -0.800. The molecule has 2 rings (SSSR count). The van der Waals surface area contributed by atoms with Crippen molar-refractivity contribution in [1.82, 2.24) is 10.3 Å². The lowest BCUT2D eigenvalue weighted by Gasteiger charge is -2.42. The van der Waals surface area contributed by atoms with Crippen LogP contribution in [0.5, 0.6) is 5.75 Å². The van der Waals surface area contributed by atoms with E-state index in [4.69, 9.17) is 16.3 Å². The third-order valence-corrected chi connectivity index (χ3v) is 3.62. The number of hydrogen-bond donors (Lipinski definition) is 1. The summed E-state index contributed by atoms with van der Waals surface area (Å²) in [5.41, 5.74) is -0.00570. The van der Waals surface area contributed by atoms with Crippen LogP contribution in [0.2, 0.25) is 5.02 Å². The first-order chi connectivity index (χ1) is 8.60. The molecule has 0 aromatic carbocycles. The Kier molecular flexibility index (Phi) is 4.46. The highest BCUT2D eigenvalue weighted by Gasteiger charge is 2.38. The Balaban J connectivity index is 1.91. The molecule has 0 unspecified atom stereocenters. The van der Waals surface area contributed by atoms with Gasteiger partial charge in [-0.2, -0.15) is 0 Å². The van der Waals surface area contributed by atoms with Crippen molar-refractivity contribution < 1.29 is 4.74 Å². The van der Waals surface area contributed by atoms with Crippen molar-refractivity contribution in [1.29, 1.82) is 0 Å². The van der Waals surface area contributed by atoms with Gasteiger partial charge in [-0.3, -0.25) is 4.98 Å². The summed E-state index contributed by atoms with van der Waals surface area (Å²) in [5.74, 6) is 0.784. The number of nitrogens with zero attached hydrogens (tertiary/aromatic N) is 1. The van der Waals surface area contributed by atoms with Gasteiger partial charge < -0.3 is 10.1 Å². The number of aromatic nitrogens is 1. The van der Waals surface area contributed by atoms with E-state index >= 15 is 0 Å². The molecule has 1 aromatic rings. The van der Waals surface area contributed by atoms with E-state index < -0.39 is 0 Å². The van der Waals surface area contributed by atoms with E-state index in [-0.39, 0.29) is 5.60 Å². The van der Waals surface area contributed by atoms with Gasteiger partial charge in [-0.1, -0.05) is 25.4 Å². The average molecular weight is 269 g/mol. The minimum absolute atomic E-state index is 0.00570. The predicted octanol–water partition coefficient (Wildman–Crippen LogP) is 3.42. The van der Waals surface area contributed by atoms with Gasteiger partial charge in [0.1, 0.15) is 11.4 Å². The van der Waals surface area contributed by atoms with Crippen LogP contribution in [0.25, 0.3) is 0 Å². The number of pyridine rings is 1. The highest BCUT2D eigenvalue weighted by atomic mass is 35.5. The van der Waals surface area contributed by atoms with Gasteiger partial charge >= 0.3 is 0 Å². The van der Waals surface area contributed by atoms with Crippen LogP contribution in [0.3, 0.4) is 0 Å². The number of halogens is 1. The standard InChI is InChI=1S/C14H21ClN2O/c1-11(2)17-7-6-14(4-3-5-14)18-13-8-12(15)9-16-10-13/h8-11,17H,3-7H2,1-2H3. The fourth-order valence-corrected chi connectivity index (χ4v) is 2.42. The van der Waals surface area contributed by atoms with Crippen LogP contribution in [-0.2, 0) is 0 Å². The topological polar surface area (TPSA) is 34.1 Å². The highest BCUT2D eigenvalue weighted by molar-refractivity contribution is 6.30. The first-order valence-corrected chi connectivity index (χ1v) is 7.00. The summed E-state index contributed by atoms with van der Waals surface area (Å²) in [4.78, 5) is 4.06. The van der Waals surface area contributed by atoms with Crippen LogP contribution in [0, 0.1) is 0 Å². The lowest BCUT2D eigenvalue weighted by molar-refractivity contribution is -0.0148. The van der Waals surface area contributed by atoms with E-state index in [1.165, 1.54) is 6.42 Å². The molecule has 0 atom stereocenters. The molecule has 0 spiro atoms. The van der Waals surface area contributed by atoms with Crippen LogP contribution in [0.15, 0.2) is 18.5 Å². The number of rotatable bonds is 6. The molecule has 0 aliphatic heterocycles. The van der Waals surface area contributed by atoms with E-state index in [1.807, 2.05) is 6.07 Å². The summed E-state index contributed by atoms with van der Waals surface area (Å²) in [6.45, 7) is 5.32. The Labute approximate surface area is 114 Å². The maximum absolute atomic E-state index is 6.11. The molecule has 1 N–H and O–H groups in total. The lowest BCUT2D eigenvalue weighted by atomic mass is 9.77. The van der Waals surface area contributed by atoms with Gasteiger partial charge in [0.2, 0.25) is 0 Å². The van der Waals surface area contributed by atoms with Crippen molar-refractivity contribution >= 4 is 11.6 Å². The smallest absolute Gasteiger partial charge is 0.139 e. The van der Waals surface area contributed by atoms with Crippen molar-refractivity contribution in [2.24, 2.45) is 0 Å². The first-order valence-electron chi connectivity index (χ1n) is 6.63. The fraction of sp³-hybridized carbons (Fsp3) is 0.643. The van der Waals surface area contributed by atoms with E-state index in [2.05, 4.69) is 24.1 Å². The van der Waals surface area contributed by atoms with Crippen LogP contribution in [0.4, 0.5) is 0 Å². The van der Waals surface area contributed by atoms with E-state index in [9.17, 15) is 0 Å². The molecular weight excluding hydrogens is 248 g/mol. The molecule has 1 aromatic heterocycles. The zero-order valence-electron chi connectivity index (χ0n) is 11.1. The summed E-state index contributed by atoms with van der Waals surface area (Å²) < 4.78 is 6.11. The summed E-state index contributed by atoms with van der Waals surface area (Å²) in [5, 5.41) is 4.07. The second kappa shape index (κ2) is 5.89. The molecule has 1 saturated carbocycles. The highest BCUT2D eigenvalue weighted by Crippen LogP contribution is 2.39. The molecule has 4 heteroatoms. The molecular formula is C14H21ClN2O. The first kappa shape index (κ1) is 13.6. The maximum atomic E-state index is 6.11. The number of nitrogens with one attached hydrogen (secondary N) is 1. The molecule has 0 amide bonds. The molecule has 1 aliphatic carbocycles. The summed E-state index contributed by atoms with van der Waals surface area (Å²) in [6, 6.07) is 2.36. The van der Waals surface area contributed by atoms with Crippen molar-refractivity contribution in [3.8, 4) is 5.75 Å². The number of ether oxygens (including phenoxy) is 1. The van der Waals surface area contributed by atoms with Gasteiger partial charge in [-0.15, -0.1) is 0 Å². The molecule has 0 saturated heterocycles. The largest absolute Gasteiger partial charge is 0.486 e. The van der Waals surface area contributed by atoms with Crippen molar-refractivity contribution in [2.75, 3.05) is 6.54 Å². The van der Waals surface area contributed by atoms with Crippen molar-refractivity contribution in [3.63, 3.8) is 0 Å². The van der Waals surface area contributed by atoms with Crippen molar-refractivity contribution in [3.05, 3.63) is 23.5 Å². The third-order valence-electron chi connectivity index (χ3n) is 3.41. The van der Waals surface area contributed by atoms with Crippen LogP contribution in [-0.4, -0.2) is 23.2 Å². The van der Waals surface area contributed by atoms with Gasteiger partial charge in [0.25, 0.3) is 0 Å². The second-order valence-corrected chi connectivity index (χ2v) is 5.77. The SMILES string of the molecule is CC(C)NCCC1(Oc2cncc(Cl)c2)CCC1. The lowest BCUT2D eigenvalue weighted by Crippen LogP contribution is -2.46. The number of hydrogen-bond acceptors (Lipinski definition) is 3. The van der Waals surface area contributed by atoms with Gasteiger partial charge in [-0.05, 0) is 32.2 Å². The van der Waals surface area contributed by atoms with Gasteiger partial charge in [0, 0.05) is 18.3 Å². The van der Waals surface area contributed by atoms with Crippen LogP contribution >= 0.6 is 11.6 Å². The molecule has 1 aliphatic rings. The maximum Gasteiger partial charge on any atom is 0.139 e. The van der Waals surface area contributed by atoms with Gasteiger partial charge in [-0.25, -0.2) is 0 Å². The molecule has 1 heterocycles. The molecule has 0 bridgehead atoms. The minimum atomic E-state index is -0.00570.